The Morgan fingerprint density at radius 2 is 1.33 bits per heavy atom. The smallest absolute Gasteiger partial charge is 1.00 e. The van der Waals surface area contributed by atoms with Gasteiger partial charge < -0.3 is 11.6 Å². The topological polar surface area (TPSA) is 40.5 Å². The van der Waals surface area contributed by atoms with Crippen LogP contribution in [0.4, 0.5) is 0 Å². The van der Waals surface area contributed by atoms with E-state index in [2.05, 4.69) is 0 Å². The Morgan fingerprint density at radius 3 is 1.33 bits per heavy atom. The minimum Gasteiger partial charge on any atom is -1.00 e. The van der Waals surface area contributed by atoms with Crippen molar-refractivity contribution in [2.24, 2.45) is 0 Å². The normalized spacial score (nSPS) is 5.00. The SMILES string of the molecule is OCCO.S.[H-].[Na+]. The molecule has 0 radical (unpaired) electrons. The van der Waals surface area contributed by atoms with E-state index in [4.69, 9.17) is 10.2 Å². The first-order valence-electron chi connectivity index (χ1n) is 1.13. The summed E-state index contributed by atoms with van der Waals surface area (Å²) >= 11 is 0. The van der Waals surface area contributed by atoms with Crippen LogP contribution in [0.2, 0.25) is 0 Å². The molecule has 0 spiro atoms. The van der Waals surface area contributed by atoms with E-state index in [0.29, 0.717) is 0 Å². The van der Waals surface area contributed by atoms with Gasteiger partial charge in [0.15, 0.2) is 0 Å². The summed E-state index contributed by atoms with van der Waals surface area (Å²) in [7, 11) is 0. The number of rotatable bonds is 1. The fourth-order valence-corrected chi connectivity index (χ4v) is 0. The molecule has 0 aromatic heterocycles. The van der Waals surface area contributed by atoms with Crippen molar-refractivity contribution in [3.63, 3.8) is 0 Å². The number of hydrogen-bond acceptors (Lipinski definition) is 2. The first kappa shape index (κ1) is 15.7. The minimum absolute atomic E-state index is 0. The van der Waals surface area contributed by atoms with Gasteiger partial charge >= 0.3 is 29.6 Å². The molecule has 0 aliphatic carbocycles. The summed E-state index contributed by atoms with van der Waals surface area (Å²) in [5, 5.41) is 15.2. The molecule has 4 heteroatoms. The van der Waals surface area contributed by atoms with E-state index in [-0.39, 0.29) is 57.7 Å². The van der Waals surface area contributed by atoms with E-state index < -0.39 is 0 Å². The summed E-state index contributed by atoms with van der Waals surface area (Å²) < 4.78 is 0. The van der Waals surface area contributed by atoms with Gasteiger partial charge in [-0.3, -0.25) is 0 Å². The van der Waals surface area contributed by atoms with Crippen molar-refractivity contribution in [2.75, 3.05) is 13.2 Å². The van der Waals surface area contributed by atoms with Crippen LogP contribution in [-0.2, 0) is 0 Å². The van der Waals surface area contributed by atoms with E-state index in [1.165, 1.54) is 0 Å². The van der Waals surface area contributed by atoms with Crippen LogP contribution < -0.4 is 29.6 Å². The summed E-state index contributed by atoms with van der Waals surface area (Å²) in [6, 6.07) is 0. The fraction of sp³-hybridized carbons (Fsp3) is 1.00. The monoisotopic (exact) mass is 120 g/mol. The van der Waals surface area contributed by atoms with E-state index in [0.717, 1.165) is 0 Å². The second-order valence-corrected chi connectivity index (χ2v) is 0.447. The van der Waals surface area contributed by atoms with Gasteiger partial charge in [0.05, 0.1) is 13.2 Å². The summed E-state index contributed by atoms with van der Waals surface area (Å²) in [6.45, 7) is -0.250. The molecule has 0 saturated heterocycles. The van der Waals surface area contributed by atoms with Crippen molar-refractivity contribution in [3.05, 3.63) is 0 Å². The Labute approximate surface area is 67.8 Å². The van der Waals surface area contributed by atoms with Gasteiger partial charge in [-0.1, -0.05) is 0 Å². The maximum absolute atomic E-state index is 7.62. The zero-order valence-electron chi connectivity index (χ0n) is 4.81. The van der Waals surface area contributed by atoms with E-state index in [9.17, 15) is 0 Å². The molecule has 0 fully saturated rings. The van der Waals surface area contributed by atoms with Gasteiger partial charge in [0, 0.05) is 0 Å². The predicted octanol–water partition coefficient (Wildman–Crippen LogP) is -3.80. The quantitative estimate of drug-likeness (QED) is 0.348. The third kappa shape index (κ3) is 18.6. The van der Waals surface area contributed by atoms with Crippen LogP contribution in [0, 0.1) is 0 Å². The van der Waals surface area contributed by atoms with Gasteiger partial charge in [0.2, 0.25) is 0 Å². The standard InChI is InChI=1S/C2H6O2.Na.H2S.H/c3-1-2-4;;;/h3-4H,1-2H2;;1H2;/q;+1;;-1. The van der Waals surface area contributed by atoms with Crippen molar-refractivity contribution in [3.8, 4) is 0 Å². The fourth-order valence-electron chi connectivity index (χ4n) is 0. The zero-order valence-corrected chi connectivity index (χ0v) is 6.81. The Hall–Kier alpha value is 1.27. The third-order valence-electron chi connectivity index (χ3n) is 0.1000. The summed E-state index contributed by atoms with van der Waals surface area (Å²) in [5.41, 5.74) is 0. The van der Waals surface area contributed by atoms with E-state index >= 15 is 0 Å². The second-order valence-electron chi connectivity index (χ2n) is 0.447. The van der Waals surface area contributed by atoms with Crippen LogP contribution in [0.3, 0.4) is 0 Å². The molecule has 0 heterocycles. The third-order valence-corrected chi connectivity index (χ3v) is 0.1000. The Balaban J connectivity index is -0.0000000150. The van der Waals surface area contributed by atoms with Crippen molar-refractivity contribution >= 4 is 13.5 Å². The molecule has 0 saturated carbocycles. The minimum atomic E-state index is -0.125. The summed E-state index contributed by atoms with van der Waals surface area (Å²) in [6.07, 6.45) is 0. The molecule has 0 aliphatic rings. The number of aliphatic hydroxyl groups excluding tert-OH is 2. The maximum Gasteiger partial charge on any atom is 1.00 e. The van der Waals surface area contributed by atoms with Crippen LogP contribution in [0.5, 0.6) is 0 Å². The molecule has 0 amide bonds. The van der Waals surface area contributed by atoms with Gasteiger partial charge in [-0.05, 0) is 0 Å². The first-order chi connectivity index (χ1) is 1.91. The van der Waals surface area contributed by atoms with Crippen LogP contribution in [0.25, 0.3) is 0 Å². The van der Waals surface area contributed by atoms with Crippen LogP contribution in [-0.4, -0.2) is 23.4 Å². The van der Waals surface area contributed by atoms with Crippen molar-refractivity contribution in [1.82, 2.24) is 0 Å². The van der Waals surface area contributed by atoms with Gasteiger partial charge in [-0.2, -0.15) is 13.5 Å². The number of hydrogen-bond donors (Lipinski definition) is 2. The Bertz CT molecular complexity index is 17.7. The average molecular weight is 120 g/mol. The van der Waals surface area contributed by atoms with Crippen molar-refractivity contribution < 1.29 is 41.2 Å². The molecular formula is C2H9NaO2S. The molecule has 6 heavy (non-hydrogen) atoms. The molecule has 0 unspecified atom stereocenters. The predicted molar refractivity (Wildman–Crippen MR) is 25.7 cm³/mol. The molecule has 2 nitrogen and oxygen atoms in total. The molecular weight excluding hydrogens is 111 g/mol. The average Bonchev–Trinajstić information content (AvgIpc) is 1.37. The summed E-state index contributed by atoms with van der Waals surface area (Å²) in [5.74, 6) is 0. The van der Waals surface area contributed by atoms with E-state index in [1.807, 2.05) is 0 Å². The van der Waals surface area contributed by atoms with Gasteiger partial charge in [-0.15, -0.1) is 0 Å². The van der Waals surface area contributed by atoms with Gasteiger partial charge in [0.1, 0.15) is 0 Å². The van der Waals surface area contributed by atoms with Crippen LogP contribution >= 0.6 is 13.5 Å². The van der Waals surface area contributed by atoms with Crippen molar-refractivity contribution in [1.29, 1.82) is 0 Å². The maximum atomic E-state index is 7.62. The molecule has 0 atom stereocenters. The van der Waals surface area contributed by atoms with Gasteiger partial charge in [-0.25, -0.2) is 0 Å². The molecule has 2 N–H and O–H groups in total. The molecule has 0 aliphatic heterocycles. The number of aliphatic hydroxyl groups is 2. The second kappa shape index (κ2) is 16.3. The summed E-state index contributed by atoms with van der Waals surface area (Å²) in [4.78, 5) is 0. The largest absolute Gasteiger partial charge is 1.00 e. The van der Waals surface area contributed by atoms with Crippen LogP contribution in [0.1, 0.15) is 1.43 Å². The van der Waals surface area contributed by atoms with Crippen LogP contribution in [0.15, 0.2) is 0 Å². The van der Waals surface area contributed by atoms with Crippen molar-refractivity contribution in [2.45, 2.75) is 0 Å². The first-order valence-corrected chi connectivity index (χ1v) is 1.13. The van der Waals surface area contributed by atoms with E-state index in [1.54, 1.807) is 0 Å². The molecule has 36 valence electrons. The molecule has 0 bridgehead atoms. The Kier molecular flexibility index (Phi) is 42.5. The van der Waals surface area contributed by atoms with Gasteiger partial charge in [0.25, 0.3) is 0 Å². The molecule has 0 rings (SSSR count). The molecule has 0 aromatic rings. The Morgan fingerprint density at radius 1 is 1.17 bits per heavy atom. The zero-order chi connectivity index (χ0) is 3.41. The molecule has 0 aromatic carbocycles.